The second-order valence-electron chi connectivity index (χ2n) is 8.49. The number of aromatic nitrogens is 2. The second kappa shape index (κ2) is 9.08. The maximum Gasteiger partial charge on any atom is 0.252 e. The smallest absolute Gasteiger partial charge is 0.252 e. The number of halogens is 1. The summed E-state index contributed by atoms with van der Waals surface area (Å²) in [6.07, 6.45) is 0. The number of anilines is 1. The fourth-order valence-corrected chi connectivity index (χ4v) is 4.73. The van der Waals surface area contributed by atoms with Crippen LogP contribution in [0.3, 0.4) is 0 Å². The first-order valence-electron chi connectivity index (χ1n) is 11.3. The van der Waals surface area contributed by atoms with E-state index in [0.717, 1.165) is 29.9 Å². The number of hydrogen-bond donors (Lipinski definition) is 0. The summed E-state index contributed by atoms with van der Waals surface area (Å²) in [7, 11) is 1.72. The number of fused-ring (bicyclic) bond motifs is 1. The number of hydrogen-bond acceptors (Lipinski definition) is 5. The molecule has 1 unspecified atom stereocenters. The average molecular weight is 454 g/mol. The molecule has 0 bridgehead atoms. The Labute approximate surface area is 197 Å². The van der Waals surface area contributed by atoms with E-state index in [0.29, 0.717) is 29.8 Å². The van der Waals surface area contributed by atoms with Crippen molar-refractivity contribution < 1.29 is 4.39 Å². The maximum atomic E-state index is 13.6. The molecule has 34 heavy (non-hydrogen) atoms. The van der Waals surface area contributed by atoms with Crippen LogP contribution in [0, 0.1) is 17.1 Å². The summed E-state index contributed by atoms with van der Waals surface area (Å²) < 4.78 is 15.2. The number of nitrogens with zero attached hydrogens (tertiary/aromatic N) is 5. The number of pyridine rings is 2. The van der Waals surface area contributed by atoms with Crippen molar-refractivity contribution in [3.05, 3.63) is 106 Å². The molecule has 0 amide bonds. The fraction of sp³-hybridized carbons (Fsp3) is 0.222. The first-order valence-corrected chi connectivity index (χ1v) is 11.3. The molecule has 2 aromatic carbocycles. The lowest BCUT2D eigenvalue weighted by molar-refractivity contribution is 0.212. The number of rotatable bonds is 4. The Bertz CT molecular complexity index is 1420. The highest BCUT2D eigenvalue weighted by Crippen LogP contribution is 2.31. The van der Waals surface area contributed by atoms with Crippen molar-refractivity contribution in [2.24, 2.45) is 7.05 Å². The summed E-state index contributed by atoms with van der Waals surface area (Å²) in [4.78, 5) is 21.7. The number of benzene rings is 2. The van der Waals surface area contributed by atoms with Crippen molar-refractivity contribution in [3.63, 3.8) is 0 Å². The first-order chi connectivity index (χ1) is 16.5. The molecule has 1 atom stereocenters. The van der Waals surface area contributed by atoms with Crippen LogP contribution in [0.1, 0.15) is 22.9 Å². The lowest BCUT2D eigenvalue weighted by Crippen LogP contribution is -2.48. The fourth-order valence-electron chi connectivity index (χ4n) is 4.73. The maximum absolute atomic E-state index is 13.6. The molecule has 3 heterocycles. The van der Waals surface area contributed by atoms with Crippen molar-refractivity contribution in [2.75, 3.05) is 31.1 Å². The molecule has 1 aliphatic rings. The lowest BCUT2D eigenvalue weighted by atomic mass is 9.96. The first kappa shape index (κ1) is 21.8. The van der Waals surface area contributed by atoms with Gasteiger partial charge in [-0.3, -0.25) is 9.69 Å². The molecule has 0 spiro atoms. The summed E-state index contributed by atoms with van der Waals surface area (Å²) in [6.45, 7) is 2.91. The van der Waals surface area contributed by atoms with Crippen LogP contribution < -0.4 is 10.5 Å². The van der Waals surface area contributed by atoms with Crippen LogP contribution in [0.25, 0.3) is 11.0 Å². The van der Waals surface area contributed by atoms with Crippen molar-refractivity contribution in [2.45, 2.75) is 6.04 Å². The van der Waals surface area contributed by atoms with E-state index in [1.165, 1.54) is 12.1 Å². The van der Waals surface area contributed by atoms with E-state index < -0.39 is 0 Å². The molecule has 1 saturated heterocycles. The van der Waals surface area contributed by atoms with Crippen LogP contribution in [0.2, 0.25) is 0 Å². The van der Waals surface area contributed by atoms with Crippen LogP contribution in [0.15, 0.2) is 77.6 Å². The van der Waals surface area contributed by atoms with Crippen LogP contribution in [0.4, 0.5) is 10.1 Å². The van der Waals surface area contributed by atoms with Gasteiger partial charge in [-0.2, -0.15) is 5.26 Å². The lowest BCUT2D eigenvalue weighted by Gasteiger charge is -2.40. The molecule has 0 aliphatic carbocycles. The Morgan fingerprint density at radius 1 is 0.941 bits per heavy atom. The summed E-state index contributed by atoms with van der Waals surface area (Å²) in [5.41, 5.74) is 4.54. The molecular formula is C27H24FN5O. The van der Waals surface area contributed by atoms with Gasteiger partial charge in [-0.05, 0) is 35.4 Å². The summed E-state index contributed by atoms with van der Waals surface area (Å²) in [5.74, 6) is -0.248. The van der Waals surface area contributed by atoms with Crippen LogP contribution in [-0.2, 0) is 7.05 Å². The molecule has 4 aromatic rings. The largest absolute Gasteiger partial charge is 0.367 e. The topological polar surface area (TPSA) is 65.2 Å². The quantitative estimate of drug-likeness (QED) is 0.470. The normalized spacial score (nSPS) is 15.3. The van der Waals surface area contributed by atoms with Gasteiger partial charge in [0.05, 0.1) is 17.2 Å². The third-order valence-electron chi connectivity index (χ3n) is 6.50. The monoisotopic (exact) mass is 453 g/mol. The van der Waals surface area contributed by atoms with Gasteiger partial charge in [0.15, 0.2) is 0 Å². The minimum atomic E-state index is -0.248. The SMILES string of the molecule is Cn1c(=O)cc(N2CCN(C(c3ccccc3)c3ccc(F)cc3)CC2)c2nc(C#N)ccc21. The second-order valence-corrected chi connectivity index (χ2v) is 8.49. The van der Waals surface area contributed by atoms with Gasteiger partial charge in [-0.1, -0.05) is 42.5 Å². The highest BCUT2D eigenvalue weighted by atomic mass is 19.1. The molecule has 5 rings (SSSR count). The van der Waals surface area contributed by atoms with Gasteiger partial charge in [0.1, 0.15) is 23.1 Å². The zero-order chi connectivity index (χ0) is 23.7. The Morgan fingerprint density at radius 2 is 1.62 bits per heavy atom. The average Bonchev–Trinajstić information content (AvgIpc) is 2.88. The standard InChI is InChI=1S/C27H24FN5O/c1-31-23-12-11-22(18-29)30-26(23)24(17-25(31)34)32-13-15-33(16-14-32)27(19-5-3-2-4-6-19)20-7-9-21(28)10-8-20/h2-12,17,27H,13-16H2,1H3. The van der Waals surface area contributed by atoms with Crippen molar-refractivity contribution in [1.82, 2.24) is 14.5 Å². The van der Waals surface area contributed by atoms with Gasteiger partial charge in [0.2, 0.25) is 0 Å². The highest BCUT2D eigenvalue weighted by Gasteiger charge is 2.28. The Kier molecular flexibility index (Phi) is 5.83. The minimum Gasteiger partial charge on any atom is -0.367 e. The predicted molar refractivity (Wildman–Crippen MR) is 130 cm³/mol. The van der Waals surface area contributed by atoms with E-state index in [9.17, 15) is 14.4 Å². The van der Waals surface area contributed by atoms with Crippen LogP contribution in [0.5, 0.6) is 0 Å². The Morgan fingerprint density at radius 3 is 2.29 bits per heavy atom. The van der Waals surface area contributed by atoms with Gasteiger partial charge in [0.25, 0.3) is 5.56 Å². The van der Waals surface area contributed by atoms with Gasteiger partial charge < -0.3 is 9.47 Å². The molecule has 0 saturated carbocycles. The van der Waals surface area contributed by atoms with Gasteiger partial charge in [-0.15, -0.1) is 0 Å². The van der Waals surface area contributed by atoms with E-state index in [2.05, 4.69) is 33.0 Å². The Hall–Kier alpha value is -4.02. The van der Waals surface area contributed by atoms with Gasteiger partial charge >= 0.3 is 0 Å². The minimum absolute atomic E-state index is 0.00709. The number of aryl methyl sites for hydroxylation is 1. The van der Waals surface area contributed by atoms with Gasteiger partial charge in [-0.25, -0.2) is 9.37 Å². The Balaban J connectivity index is 1.46. The zero-order valence-corrected chi connectivity index (χ0v) is 18.9. The molecule has 7 heteroatoms. The zero-order valence-electron chi connectivity index (χ0n) is 18.9. The predicted octanol–water partition coefficient (Wildman–Crippen LogP) is 3.86. The van der Waals surface area contributed by atoms with Crippen molar-refractivity contribution in [3.8, 4) is 6.07 Å². The van der Waals surface area contributed by atoms with E-state index in [1.54, 1.807) is 29.8 Å². The van der Waals surface area contributed by atoms with E-state index in [1.807, 2.05) is 30.3 Å². The van der Waals surface area contributed by atoms with Crippen LogP contribution >= 0.6 is 0 Å². The van der Waals surface area contributed by atoms with Crippen LogP contribution in [-0.4, -0.2) is 40.6 Å². The molecule has 170 valence electrons. The summed E-state index contributed by atoms with van der Waals surface area (Å²) in [6, 6.07) is 24.1. The third-order valence-corrected chi connectivity index (χ3v) is 6.50. The number of nitriles is 1. The van der Waals surface area contributed by atoms with Crippen molar-refractivity contribution >= 4 is 16.7 Å². The summed E-state index contributed by atoms with van der Waals surface area (Å²) in [5, 5.41) is 9.33. The van der Waals surface area contributed by atoms with E-state index >= 15 is 0 Å². The number of piperazine rings is 1. The molecule has 6 nitrogen and oxygen atoms in total. The summed E-state index contributed by atoms with van der Waals surface area (Å²) >= 11 is 0. The molecule has 0 radical (unpaired) electrons. The molecule has 2 aromatic heterocycles. The molecule has 1 fully saturated rings. The van der Waals surface area contributed by atoms with E-state index in [4.69, 9.17) is 0 Å². The molecule has 1 aliphatic heterocycles. The van der Waals surface area contributed by atoms with Gasteiger partial charge in [0, 0.05) is 39.3 Å². The molecular weight excluding hydrogens is 429 g/mol. The highest BCUT2D eigenvalue weighted by molar-refractivity contribution is 5.88. The van der Waals surface area contributed by atoms with E-state index in [-0.39, 0.29) is 17.4 Å². The van der Waals surface area contributed by atoms with Crippen molar-refractivity contribution in [1.29, 1.82) is 5.26 Å². The third kappa shape index (κ3) is 4.04. The molecule has 0 N–H and O–H groups in total.